The number of nitrogens with two attached hydrogens (primary N) is 7. The monoisotopic (exact) mass is 1790 g/mol. The van der Waals surface area contributed by atoms with Crippen molar-refractivity contribution in [1.29, 1.82) is 0 Å². The molecule has 126 heavy (non-hydrogen) atoms. The average Bonchev–Trinajstić information content (AvgIpc) is 1.75. The molecule has 16 amide bonds. The summed E-state index contributed by atoms with van der Waals surface area (Å²) in [5, 5.41) is 39.1. The lowest BCUT2D eigenvalue weighted by molar-refractivity contribution is -0.142. The maximum atomic E-state index is 14.8. The molecule has 1 heterocycles. The number of hydrogen-bond acceptors (Lipinski definition) is 22. The van der Waals surface area contributed by atoms with Crippen LogP contribution in [0.25, 0.3) is 0 Å². The third-order valence-corrected chi connectivity index (χ3v) is 21.5. The summed E-state index contributed by atoms with van der Waals surface area (Å²) in [5.41, 5.74) is 40.5. The van der Waals surface area contributed by atoms with Crippen LogP contribution in [0.5, 0.6) is 0 Å². The van der Waals surface area contributed by atoms with Crippen LogP contribution in [-0.4, -0.2) is 236 Å². The van der Waals surface area contributed by atoms with Gasteiger partial charge in [-0.2, -0.15) is 0 Å². The fourth-order valence-electron chi connectivity index (χ4n) is 14.9. The molecular weight excluding hydrogens is 1620 g/mol. The molecule has 724 valence electrons. The molecule has 0 aliphatic carbocycles. The predicted molar refractivity (Wildman–Crippen MR) is 486 cm³/mol. The zero-order valence-corrected chi connectivity index (χ0v) is 78.8. The van der Waals surface area contributed by atoms with E-state index in [1.807, 2.05) is 96.9 Å². The van der Waals surface area contributed by atoms with Crippen LogP contribution in [-0.2, 0) is 76.7 Å². The van der Waals surface area contributed by atoms with Gasteiger partial charge in [-0.15, -0.1) is 0 Å². The largest absolute Gasteiger partial charge is 0.368 e. The highest BCUT2D eigenvalue weighted by Crippen LogP contribution is 2.22. The van der Waals surface area contributed by atoms with Gasteiger partial charge in [0.05, 0.1) is 0 Å². The van der Waals surface area contributed by atoms with Gasteiger partial charge in [0.1, 0.15) is 90.6 Å². The predicted octanol–water partition coefficient (Wildman–Crippen LogP) is 0.386. The smallest absolute Gasteiger partial charge is 0.245 e. The van der Waals surface area contributed by atoms with Crippen LogP contribution in [0.15, 0.2) is 0 Å². The molecule has 0 spiro atoms. The first-order valence-electron chi connectivity index (χ1n) is 46.4. The van der Waals surface area contributed by atoms with Crippen molar-refractivity contribution in [3.63, 3.8) is 0 Å². The number of rotatable bonds is 67. The third kappa shape index (κ3) is 46.8. The molecule has 0 aromatic carbocycles. The second kappa shape index (κ2) is 63.3. The van der Waals surface area contributed by atoms with E-state index in [2.05, 4.69) is 74.4 Å². The summed E-state index contributed by atoms with van der Waals surface area (Å²) in [6.07, 6.45) is 7.80. The Morgan fingerprint density at radius 3 is 0.667 bits per heavy atom. The highest BCUT2D eigenvalue weighted by Gasteiger charge is 2.42. The number of unbranched alkanes of at least 4 members (excludes halogenated alkanes) is 6. The third-order valence-electron chi connectivity index (χ3n) is 21.5. The van der Waals surface area contributed by atoms with E-state index in [4.69, 9.17) is 40.1 Å². The van der Waals surface area contributed by atoms with Crippen molar-refractivity contribution in [2.24, 2.45) is 81.6 Å². The summed E-state index contributed by atoms with van der Waals surface area (Å²) in [4.78, 5) is 228. The second-order valence-electron chi connectivity index (χ2n) is 36.9. The first kappa shape index (κ1) is 115. The lowest BCUT2D eigenvalue weighted by atomic mass is 9.98. The fourth-order valence-corrected chi connectivity index (χ4v) is 14.9. The molecule has 0 aromatic rings. The maximum absolute atomic E-state index is 14.8. The summed E-state index contributed by atoms with van der Waals surface area (Å²) < 4.78 is 0. The molecule has 0 aromatic heterocycles. The zero-order valence-electron chi connectivity index (χ0n) is 78.8. The van der Waals surface area contributed by atoms with Crippen LogP contribution < -0.4 is 115 Å². The van der Waals surface area contributed by atoms with Crippen molar-refractivity contribution in [3.8, 4) is 0 Å². The van der Waals surface area contributed by atoms with Crippen molar-refractivity contribution in [3.05, 3.63) is 0 Å². The molecule has 1 saturated heterocycles. The quantitative estimate of drug-likeness (QED) is 0.0366. The molecule has 15 atom stereocenters. The highest BCUT2D eigenvalue weighted by molar-refractivity contribution is 6.01. The van der Waals surface area contributed by atoms with E-state index in [1.165, 1.54) is 18.7 Å². The minimum absolute atomic E-state index is 0.0455. The van der Waals surface area contributed by atoms with E-state index in [1.54, 1.807) is 0 Å². The van der Waals surface area contributed by atoms with E-state index < -0.39 is 185 Å². The summed E-state index contributed by atoms with van der Waals surface area (Å²) in [6.45, 7) is 30.4. The topological polar surface area (TPSA) is 627 Å². The van der Waals surface area contributed by atoms with Crippen molar-refractivity contribution in [2.45, 2.75) is 375 Å². The SMILES string of the molecule is CC(=O)N[C@@H](CCCCN)C(=O)N[C@@H](CCCCN)C(=O)N[C@@H](CC(C)C)C(=O)N[C@@H](CC(C)C)C(=O)N[C@@H](CCCCN)C(=O)N[C@@H](CC(C)C)C(=O)N[C@@H](CC(C)C)C(=O)N[C@@H](CCCCN)C(=O)N[C@@H](C)C(=O)N1CCC[C@H]1C(=O)N[C@@H](CC(C)C)C(=O)N[C@@H](CCCCN)C(=O)N[C@@H](CC(C)C)C(=O)N[C@@H](CC(C)C)C(=O)N[C@@H](CCCCN)C(N)=O. The second-order valence-corrected chi connectivity index (χ2v) is 36.9. The van der Waals surface area contributed by atoms with Crippen molar-refractivity contribution in [1.82, 2.24) is 79.3 Å². The molecular formula is C88H166N22O16. The summed E-state index contributed by atoms with van der Waals surface area (Å²) >= 11 is 0. The van der Waals surface area contributed by atoms with E-state index in [9.17, 15) is 76.7 Å². The number of amides is 16. The van der Waals surface area contributed by atoms with Crippen molar-refractivity contribution >= 4 is 94.5 Å². The minimum Gasteiger partial charge on any atom is -0.368 e. The van der Waals surface area contributed by atoms with E-state index in [0.29, 0.717) is 103 Å². The molecule has 1 aliphatic rings. The first-order chi connectivity index (χ1) is 59.4. The van der Waals surface area contributed by atoms with Gasteiger partial charge in [0, 0.05) is 13.5 Å². The normalized spacial score (nSPS) is 16.1. The molecule has 0 unspecified atom stereocenters. The standard InChI is InChI=1S/C88H166N22O16/c1-51(2)44-66(80(118)98-60(74(95)112)30-17-23-37-89)106-84(122)69(47-54(7)8)104-79(117)65(35-22-28-42-94)102-83(121)72(50-57(13)14)109-87(125)73-36-29-43-110(73)88(126)58(15)96-75(113)62(32-19-25-39-91)100-81(119)67(45-52(3)4)107-86(124)71(49-56(11)12)105-78(116)64(34-21-27-41-93)101-82(120)68(46-53(5)6)108-85(123)70(48-55(9)10)103-77(115)63(33-20-26-40-92)99-76(114)61(97-59(16)111)31-18-24-38-90/h51-58,60-73H,17-50,89-94H2,1-16H3,(H2,95,112)(H,96,113)(H,97,111)(H,98,118)(H,99,114)(H,100,119)(H,101,120)(H,102,121)(H,103,115)(H,104,117)(H,105,116)(H,106,122)(H,107,124)(H,108,123)(H,109,125)/t58-,60-,61-,62-,63-,64-,65-,66-,67-,68-,69-,70-,71-,72-,73-/m0/s1. The van der Waals surface area contributed by atoms with Crippen molar-refractivity contribution in [2.75, 3.05) is 45.8 Å². The molecule has 0 bridgehead atoms. The number of primary amides is 1. The lowest BCUT2D eigenvalue weighted by Crippen LogP contribution is -2.61. The minimum atomic E-state index is -1.29. The van der Waals surface area contributed by atoms with Crippen LogP contribution in [0.4, 0.5) is 0 Å². The number of nitrogens with zero attached hydrogens (tertiary/aromatic N) is 1. The number of hydrogen-bond donors (Lipinski definition) is 21. The number of carbonyl (C=O) groups excluding carboxylic acids is 16. The van der Waals surface area contributed by atoms with Gasteiger partial charge < -0.3 is 119 Å². The molecule has 1 fully saturated rings. The Labute approximate surface area is 749 Å². The van der Waals surface area contributed by atoms with Crippen LogP contribution >= 0.6 is 0 Å². The lowest BCUT2D eigenvalue weighted by Gasteiger charge is -2.31. The van der Waals surface area contributed by atoms with Gasteiger partial charge >= 0.3 is 0 Å². The Bertz CT molecular complexity index is 3370. The first-order valence-corrected chi connectivity index (χ1v) is 46.4. The van der Waals surface area contributed by atoms with Gasteiger partial charge in [-0.1, -0.05) is 96.9 Å². The highest BCUT2D eigenvalue weighted by atomic mass is 16.2. The molecule has 38 nitrogen and oxygen atoms in total. The van der Waals surface area contributed by atoms with Gasteiger partial charge in [-0.05, 0) is 261 Å². The Kier molecular flexibility index (Phi) is 57.9. The Morgan fingerprint density at radius 2 is 0.452 bits per heavy atom. The average molecular weight is 1790 g/mol. The van der Waals surface area contributed by atoms with Gasteiger partial charge in [-0.25, -0.2) is 0 Å². The van der Waals surface area contributed by atoms with Gasteiger partial charge in [0.15, 0.2) is 0 Å². The summed E-state index contributed by atoms with van der Waals surface area (Å²) in [5.74, 6) is -12.2. The van der Waals surface area contributed by atoms with Crippen molar-refractivity contribution < 1.29 is 76.7 Å². The van der Waals surface area contributed by atoms with E-state index in [0.717, 1.165) is 0 Å². The molecule has 28 N–H and O–H groups in total. The maximum Gasteiger partial charge on any atom is 0.245 e. The molecule has 1 aliphatic heterocycles. The van der Waals surface area contributed by atoms with Crippen LogP contribution in [0, 0.1) is 41.4 Å². The van der Waals surface area contributed by atoms with Crippen LogP contribution in [0.3, 0.4) is 0 Å². The van der Waals surface area contributed by atoms with Gasteiger partial charge in [0.2, 0.25) is 94.5 Å². The number of nitrogens with one attached hydrogen (secondary N) is 14. The summed E-state index contributed by atoms with van der Waals surface area (Å²) in [6, 6.07) is -17.9. The zero-order chi connectivity index (χ0) is 95.5. The van der Waals surface area contributed by atoms with E-state index >= 15 is 0 Å². The Morgan fingerprint density at radius 1 is 0.262 bits per heavy atom. The Balaban J connectivity index is 3.63. The molecule has 0 radical (unpaired) electrons. The molecule has 1 rings (SSSR count). The molecule has 38 heteroatoms. The van der Waals surface area contributed by atoms with E-state index in [-0.39, 0.29) is 157 Å². The number of carbonyl (C=O) groups is 16. The number of likely N-dealkylation sites (tertiary alicyclic amines) is 1. The van der Waals surface area contributed by atoms with Gasteiger partial charge in [-0.3, -0.25) is 76.7 Å². The van der Waals surface area contributed by atoms with Crippen LogP contribution in [0.2, 0.25) is 0 Å². The fraction of sp³-hybridized carbons (Fsp3) is 0.818. The Hall–Kier alpha value is -8.72. The molecule has 0 saturated carbocycles. The van der Waals surface area contributed by atoms with Crippen LogP contribution in [0.1, 0.15) is 284 Å². The summed E-state index contributed by atoms with van der Waals surface area (Å²) in [7, 11) is 0. The van der Waals surface area contributed by atoms with Gasteiger partial charge in [0.25, 0.3) is 0 Å².